The minimum absolute atomic E-state index is 0.171. The first kappa shape index (κ1) is 13.9. The zero-order valence-corrected chi connectivity index (χ0v) is 11.5. The fraction of sp³-hybridized carbons (Fsp3) is 0.188. The van der Waals surface area contributed by atoms with Gasteiger partial charge in [-0.15, -0.1) is 0 Å². The Labute approximate surface area is 117 Å². The molecule has 0 amide bonds. The predicted octanol–water partition coefficient (Wildman–Crippen LogP) is 3.35. The summed E-state index contributed by atoms with van der Waals surface area (Å²) in [4.78, 5) is 11.6. The van der Waals surface area contributed by atoms with E-state index in [-0.39, 0.29) is 6.61 Å². The third-order valence-corrected chi connectivity index (χ3v) is 2.71. The van der Waals surface area contributed by atoms with Crippen LogP contribution in [0.15, 0.2) is 46.9 Å². The van der Waals surface area contributed by atoms with Gasteiger partial charge in [-0.3, -0.25) is 0 Å². The van der Waals surface area contributed by atoms with Crippen LogP contribution < -0.4 is 4.74 Å². The van der Waals surface area contributed by atoms with Crippen LogP contribution in [0.4, 0.5) is 0 Å². The molecule has 20 heavy (non-hydrogen) atoms. The van der Waals surface area contributed by atoms with E-state index in [0.29, 0.717) is 11.5 Å². The lowest BCUT2D eigenvalue weighted by Crippen LogP contribution is -2.02. The molecule has 0 saturated carbocycles. The third kappa shape index (κ3) is 3.75. The molecule has 0 fully saturated rings. The van der Waals surface area contributed by atoms with Gasteiger partial charge in [0.2, 0.25) is 0 Å². The van der Waals surface area contributed by atoms with Crippen LogP contribution >= 0.6 is 0 Å². The molecule has 0 aliphatic carbocycles. The zero-order chi connectivity index (χ0) is 14.4. The molecule has 0 bridgehead atoms. The van der Waals surface area contributed by atoms with Gasteiger partial charge < -0.3 is 13.9 Å². The molecule has 104 valence electrons. The standard InChI is InChI=1S/C16H16O4/c1-12-7-8-14(20-12)9-10-16(17)19-11-13-5-3-4-6-15(13)18-2/h3-10H,11H2,1-2H3/b10-9+. The number of carbonyl (C=O) groups is 1. The molecule has 0 aliphatic rings. The molecule has 4 nitrogen and oxygen atoms in total. The average molecular weight is 272 g/mol. The number of furan rings is 1. The molecule has 4 heteroatoms. The van der Waals surface area contributed by atoms with E-state index in [1.807, 2.05) is 37.3 Å². The van der Waals surface area contributed by atoms with Crippen molar-refractivity contribution in [2.45, 2.75) is 13.5 Å². The maximum atomic E-state index is 11.6. The smallest absolute Gasteiger partial charge is 0.331 e. The molecule has 0 spiro atoms. The number of para-hydroxylation sites is 1. The minimum atomic E-state index is -0.426. The fourth-order valence-electron chi connectivity index (χ4n) is 1.71. The Bertz CT molecular complexity index is 610. The summed E-state index contributed by atoms with van der Waals surface area (Å²) < 4.78 is 15.7. The first-order chi connectivity index (χ1) is 9.69. The number of carbonyl (C=O) groups excluding carboxylic acids is 1. The average Bonchev–Trinajstić information content (AvgIpc) is 2.89. The van der Waals surface area contributed by atoms with E-state index in [4.69, 9.17) is 13.9 Å². The number of benzene rings is 1. The number of rotatable bonds is 5. The lowest BCUT2D eigenvalue weighted by atomic mass is 10.2. The molecule has 0 N–H and O–H groups in total. The van der Waals surface area contributed by atoms with Gasteiger partial charge in [-0.1, -0.05) is 18.2 Å². The molecule has 1 aromatic carbocycles. The van der Waals surface area contributed by atoms with Crippen molar-refractivity contribution in [3.63, 3.8) is 0 Å². The first-order valence-electron chi connectivity index (χ1n) is 6.22. The van der Waals surface area contributed by atoms with Crippen LogP contribution in [0.3, 0.4) is 0 Å². The molecular weight excluding hydrogens is 256 g/mol. The zero-order valence-electron chi connectivity index (χ0n) is 11.5. The highest BCUT2D eigenvalue weighted by Crippen LogP contribution is 2.18. The van der Waals surface area contributed by atoms with Crippen LogP contribution in [0.25, 0.3) is 6.08 Å². The Morgan fingerprint density at radius 1 is 1.25 bits per heavy atom. The maximum absolute atomic E-state index is 11.6. The summed E-state index contributed by atoms with van der Waals surface area (Å²) in [5, 5.41) is 0. The summed E-state index contributed by atoms with van der Waals surface area (Å²) >= 11 is 0. The summed E-state index contributed by atoms with van der Waals surface area (Å²) in [6.07, 6.45) is 2.92. The van der Waals surface area contributed by atoms with Crippen LogP contribution in [0.1, 0.15) is 17.1 Å². The van der Waals surface area contributed by atoms with E-state index in [1.54, 1.807) is 19.3 Å². The highest BCUT2D eigenvalue weighted by atomic mass is 16.5. The van der Waals surface area contributed by atoms with E-state index in [2.05, 4.69) is 0 Å². The van der Waals surface area contributed by atoms with Crippen molar-refractivity contribution < 1.29 is 18.7 Å². The van der Waals surface area contributed by atoms with Gasteiger partial charge in [-0.25, -0.2) is 4.79 Å². The lowest BCUT2D eigenvalue weighted by Gasteiger charge is -2.07. The van der Waals surface area contributed by atoms with Crippen LogP contribution in [-0.4, -0.2) is 13.1 Å². The van der Waals surface area contributed by atoms with Gasteiger partial charge in [0, 0.05) is 11.6 Å². The maximum Gasteiger partial charge on any atom is 0.331 e. The Morgan fingerprint density at radius 2 is 2.05 bits per heavy atom. The molecule has 2 rings (SSSR count). The van der Waals surface area contributed by atoms with Crippen LogP contribution in [0.5, 0.6) is 5.75 Å². The number of methoxy groups -OCH3 is 1. The Balaban J connectivity index is 1.90. The second-order valence-electron chi connectivity index (χ2n) is 4.20. The van der Waals surface area contributed by atoms with E-state index in [1.165, 1.54) is 6.08 Å². The van der Waals surface area contributed by atoms with E-state index in [9.17, 15) is 4.79 Å². The highest BCUT2D eigenvalue weighted by molar-refractivity contribution is 5.86. The molecule has 2 aromatic rings. The van der Waals surface area contributed by atoms with Crippen molar-refractivity contribution in [3.8, 4) is 5.75 Å². The summed E-state index contributed by atoms with van der Waals surface area (Å²) in [6.45, 7) is 2.02. The Morgan fingerprint density at radius 3 is 2.75 bits per heavy atom. The quantitative estimate of drug-likeness (QED) is 0.618. The van der Waals surface area contributed by atoms with Crippen LogP contribution in [-0.2, 0) is 16.1 Å². The van der Waals surface area contributed by atoms with E-state index >= 15 is 0 Å². The molecule has 1 heterocycles. The molecule has 0 radical (unpaired) electrons. The largest absolute Gasteiger partial charge is 0.496 e. The molecule has 0 unspecified atom stereocenters. The number of hydrogen-bond acceptors (Lipinski definition) is 4. The molecule has 0 atom stereocenters. The van der Waals surface area contributed by atoms with Crippen molar-refractivity contribution in [2.75, 3.05) is 7.11 Å². The molecule has 0 aliphatic heterocycles. The molecule has 1 aromatic heterocycles. The second kappa shape index (κ2) is 6.61. The number of hydrogen-bond donors (Lipinski definition) is 0. The third-order valence-electron chi connectivity index (χ3n) is 2.71. The van der Waals surface area contributed by atoms with Crippen LogP contribution in [0, 0.1) is 6.92 Å². The Kier molecular flexibility index (Phi) is 4.60. The lowest BCUT2D eigenvalue weighted by molar-refractivity contribution is -0.138. The van der Waals surface area contributed by atoms with Crippen molar-refractivity contribution in [1.29, 1.82) is 0 Å². The number of ether oxygens (including phenoxy) is 2. The Hall–Kier alpha value is -2.49. The monoisotopic (exact) mass is 272 g/mol. The van der Waals surface area contributed by atoms with Gasteiger partial charge in [-0.05, 0) is 31.2 Å². The summed E-state index contributed by atoms with van der Waals surface area (Å²) in [6, 6.07) is 11.0. The fourth-order valence-corrected chi connectivity index (χ4v) is 1.71. The van der Waals surface area contributed by atoms with Gasteiger partial charge >= 0.3 is 5.97 Å². The van der Waals surface area contributed by atoms with Gasteiger partial charge in [0.15, 0.2) is 0 Å². The number of aryl methyl sites for hydroxylation is 1. The second-order valence-corrected chi connectivity index (χ2v) is 4.20. The highest BCUT2D eigenvalue weighted by Gasteiger charge is 2.04. The summed E-state index contributed by atoms with van der Waals surface area (Å²) in [5.74, 6) is 1.69. The van der Waals surface area contributed by atoms with Crippen molar-refractivity contribution in [3.05, 3.63) is 59.6 Å². The predicted molar refractivity (Wildman–Crippen MR) is 75.3 cm³/mol. The van der Waals surface area contributed by atoms with Crippen molar-refractivity contribution in [2.24, 2.45) is 0 Å². The van der Waals surface area contributed by atoms with Gasteiger partial charge in [-0.2, -0.15) is 0 Å². The van der Waals surface area contributed by atoms with Gasteiger partial charge in [0.25, 0.3) is 0 Å². The molecular formula is C16H16O4. The van der Waals surface area contributed by atoms with Crippen molar-refractivity contribution in [1.82, 2.24) is 0 Å². The van der Waals surface area contributed by atoms with Crippen LogP contribution in [0.2, 0.25) is 0 Å². The van der Waals surface area contributed by atoms with E-state index < -0.39 is 5.97 Å². The minimum Gasteiger partial charge on any atom is -0.496 e. The van der Waals surface area contributed by atoms with E-state index in [0.717, 1.165) is 11.3 Å². The number of esters is 1. The molecule has 0 saturated heterocycles. The summed E-state index contributed by atoms with van der Waals surface area (Å²) in [7, 11) is 1.58. The van der Waals surface area contributed by atoms with Gasteiger partial charge in [0.05, 0.1) is 7.11 Å². The SMILES string of the molecule is COc1ccccc1COC(=O)/C=C/c1ccc(C)o1. The normalized spacial score (nSPS) is 10.7. The first-order valence-corrected chi connectivity index (χ1v) is 6.22. The topological polar surface area (TPSA) is 48.7 Å². The van der Waals surface area contributed by atoms with Gasteiger partial charge in [0.1, 0.15) is 23.9 Å². The van der Waals surface area contributed by atoms with Crippen molar-refractivity contribution >= 4 is 12.0 Å². The summed E-state index contributed by atoms with van der Waals surface area (Å²) in [5.41, 5.74) is 0.825.